The van der Waals surface area contributed by atoms with Crippen molar-refractivity contribution < 1.29 is 9.90 Å². The van der Waals surface area contributed by atoms with Crippen molar-refractivity contribution in [2.45, 2.75) is 20.3 Å². The van der Waals surface area contributed by atoms with Crippen molar-refractivity contribution in [2.24, 2.45) is 5.92 Å². The molecule has 88 valence electrons. The topological polar surface area (TPSA) is 61.4 Å². The maximum Gasteiger partial charge on any atom is 0.319 e. The Balaban J connectivity index is 2.37. The molecule has 0 saturated carbocycles. The molecule has 0 saturated heterocycles. The van der Waals surface area contributed by atoms with Crippen molar-refractivity contribution >= 4 is 11.7 Å². The highest BCUT2D eigenvalue weighted by atomic mass is 16.3. The third-order valence-electron chi connectivity index (χ3n) is 2.16. The normalized spacial score (nSPS) is 10.2. The van der Waals surface area contributed by atoms with Crippen LogP contribution >= 0.6 is 0 Å². The van der Waals surface area contributed by atoms with Gasteiger partial charge in [0.1, 0.15) is 5.75 Å². The number of para-hydroxylation sites is 2. The summed E-state index contributed by atoms with van der Waals surface area (Å²) in [5.41, 5.74) is 0.421. The molecule has 4 nitrogen and oxygen atoms in total. The molecule has 0 bridgehead atoms. The van der Waals surface area contributed by atoms with Crippen LogP contribution in [-0.2, 0) is 0 Å². The molecule has 0 atom stereocenters. The molecule has 0 aromatic heterocycles. The van der Waals surface area contributed by atoms with Gasteiger partial charge in [-0.25, -0.2) is 4.79 Å². The zero-order valence-electron chi connectivity index (χ0n) is 9.66. The molecular formula is C12H18N2O2. The van der Waals surface area contributed by atoms with Crippen LogP contribution in [0, 0.1) is 5.92 Å². The number of aromatic hydroxyl groups is 1. The number of rotatable bonds is 4. The van der Waals surface area contributed by atoms with Crippen LogP contribution < -0.4 is 10.6 Å². The second-order valence-electron chi connectivity index (χ2n) is 4.08. The molecule has 0 unspecified atom stereocenters. The number of carbonyl (C=O) groups is 1. The van der Waals surface area contributed by atoms with Crippen LogP contribution in [0.1, 0.15) is 20.3 Å². The number of phenolic OH excluding ortho intramolecular Hbond substituents is 1. The molecule has 4 heteroatoms. The Morgan fingerprint density at radius 1 is 1.38 bits per heavy atom. The molecule has 3 N–H and O–H groups in total. The van der Waals surface area contributed by atoms with Gasteiger partial charge in [0.05, 0.1) is 5.69 Å². The van der Waals surface area contributed by atoms with Gasteiger partial charge in [-0.1, -0.05) is 26.0 Å². The van der Waals surface area contributed by atoms with Gasteiger partial charge < -0.3 is 15.7 Å². The van der Waals surface area contributed by atoms with Crippen molar-refractivity contribution in [3.05, 3.63) is 24.3 Å². The first kappa shape index (κ1) is 12.4. The number of hydrogen-bond acceptors (Lipinski definition) is 2. The molecule has 0 heterocycles. The molecule has 1 rings (SSSR count). The second-order valence-corrected chi connectivity index (χ2v) is 4.08. The van der Waals surface area contributed by atoms with Crippen LogP contribution in [0.15, 0.2) is 24.3 Å². The SMILES string of the molecule is CC(C)CCNC(=O)Nc1ccccc1O. The summed E-state index contributed by atoms with van der Waals surface area (Å²) in [4.78, 5) is 11.4. The van der Waals surface area contributed by atoms with E-state index in [0.717, 1.165) is 6.42 Å². The lowest BCUT2D eigenvalue weighted by Gasteiger charge is -2.09. The Hall–Kier alpha value is -1.71. The van der Waals surface area contributed by atoms with E-state index in [4.69, 9.17) is 0 Å². The number of phenols is 1. The summed E-state index contributed by atoms with van der Waals surface area (Å²) in [5, 5.41) is 14.7. The number of hydrogen-bond donors (Lipinski definition) is 3. The highest BCUT2D eigenvalue weighted by molar-refractivity contribution is 5.90. The second kappa shape index (κ2) is 6.00. The van der Waals surface area contributed by atoms with Gasteiger partial charge in [0, 0.05) is 6.54 Å². The summed E-state index contributed by atoms with van der Waals surface area (Å²) in [5.74, 6) is 0.631. The van der Waals surface area contributed by atoms with Crippen molar-refractivity contribution in [2.75, 3.05) is 11.9 Å². The Morgan fingerprint density at radius 3 is 2.69 bits per heavy atom. The monoisotopic (exact) mass is 222 g/mol. The number of urea groups is 1. The van der Waals surface area contributed by atoms with Gasteiger partial charge in [0.25, 0.3) is 0 Å². The molecule has 0 aliphatic carbocycles. The zero-order chi connectivity index (χ0) is 12.0. The van der Waals surface area contributed by atoms with E-state index in [1.54, 1.807) is 18.2 Å². The largest absolute Gasteiger partial charge is 0.506 e. The van der Waals surface area contributed by atoms with Crippen LogP contribution in [0.25, 0.3) is 0 Å². The summed E-state index contributed by atoms with van der Waals surface area (Å²) in [6.45, 7) is 4.84. The molecule has 0 radical (unpaired) electrons. The highest BCUT2D eigenvalue weighted by Crippen LogP contribution is 2.20. The van der Waals surface area contributed by atoms with Gasteiger partial charge in [0.15, 0.2) is 0 Å². The summed E-state index contributed by atoms with van der Waals surface area (Å²) in [7, 11) is 0. The first-order valence-electron chi connectivity index (χ1n) is 5.42. The summed E-state index contributed by atoms with van der Waals surface area (Å²) in [6, 6.07) is 6.35. The van der Waals surface area contributed by atoms with Crippen molar-refractivity contribution in [1.82, 2.24) is 5.32 Å². The van der Waals surface area contributed by atoms with Crippen molar-refractivity contribution in [3.63, 3.8) is 0 Å². The molecule has 1 aromatic rings. The van der Waals surface area contributed by atoms with E-state index in [1.165, 1.54) is 6.07 Å². The third-order valence-corrected chi connectivity index (χ3v) is 2.16. The fraction of sp³-hybridized carbons (Fsp3) is 0.417. The lowest BCUT2D eigenvalue weighted by molar-refractivity contribution is 0.251. The van der Waals surface area contributed by atoms with Gasteiger partial charge in [-0.15, -0.1) is 0 Å². The number of anilines is 1. The molecule has 0 aliphatic rings. The maximum atomic E-state index is 11.4. The molecule has 1 aromatic carbocycles. The first-order chi connectivity index (χ1) is 7.59. The number of nitrogens with one attached hydrogen (secondary N) is 2. The summed E-state index contributed by atoms with van der Waals surface area (Å²) >= 11 is 0. The zero-order valence-corrected chi connectivity index (χ0v) is 9.66. The molecule has 16 heavy (non-hydrogen) atoms. The molecule has 0 fully saturated rings. The minimum Gasteiger partial charge on any atom is -0.506 e. The summed E-state index contributed by atoms with van der Waals surface area (Å²) in [6.07, 6.45) is 0.939. The van der Waals surface area contributed by atoms with Crippen LogP contribution in [0.5, 0.6) is 5.75 Å². The van der Waals surface area contributed by atoms with Crippen molar-refractivity contribution in [3.8, 4) is 5.75 Å². The lowest BCUT2D eigenvalue weighted by Crippen LogP contribution is -2.30. The smallest absolute Gasteiger partial charge is 0.319 e. The maximum absolute atomic E-state index is 11.4. The molecular weight excluding hydrogens is 204 g/mol. The predicted octanol–water partition coefficient (Wildman–Crippen LogP) is 2.56. The van der Waals surface area contributed by atoms with E-state index in [-0.39, 0.29) is 11.8 Å². The van der Waals surface area contributed by atoms with Crippen LogP contribution in [0.2, 0.25) is 0 Å². The van der Waals surface area contributed by atoms with Crippen LogP contribution in [-0.4, -0.2) is 17.7 Å². The minimum absolute atomic E-state index is 0.0708. The van der Waals surface area contributed by atoms with Crippen molar-refractivity contribution in [1.29, 1.82) is 0 Å². The quantitative estimate of drug-likeness (QED) is 0.686. The van der Waals surface area contributed by atoms with Gasteiger partial charge in [-0.05, 0) is 24.5 Å². The van der Waals surface area contributed by atoms with Gasteiger partial charge in [0.2, 0.25) is 0 Å². The third kappa shape index (κ3) is 4.21. The van der Waals surface area contributed by atoms with E-state index in [9.17, 15) is 9.90 Å². The highest BCUT2D eigenvalue weighted by Gasteiger charge is 2.04. The number of carbonyl (C=O) groups excluding carboxylic acids is 1. The Kier molecular flexibility index (Phi) is 4.64. The first-order valence-corrected chi connectivity index (χ1v) is 5.42. The minimum atomic E-state index is -0.290. The number of benzene rings is 1. The Labute approximate surface area is 95.7 Å². The fourth-order valence-electron chi connectivity index (χ4n) is 1.22. The van der Waals surface area contributed by atoms with E-state index < -0.39 is 0 Å². The van der Waals surface area contributed by atoms with E-state index in [0.29, 0.717) is 18.2 Å². The summed E-state index contributed by atoms with van der Waals surface area (Å²) < 4.78 is 0. The molecule has 0 aliphatic heterocycles. The Bertz CT molecular complexity index is 351. The predicted molar refractivity (Wildman–Crippen MR) is 64.6 cm³/mol. The van der Waals surface area contributed by atoms with E-state index >= 15 is 0 Å². The van der Waals surface area contributed by atoms with E-state index in [1.807, 2.05) is 0 Å². The van der Waals surface area contributed by atoms with Gasteiger partial charge in [-0.3, -0.25) is 0 Å². The van der Waals surface area contributed by atoms with Crippen LogP contribution in [0.4, 0.5) is 10.5 Å². The lowest BCUT2D eigenvalue weighted by atomic mass is 10.1. The molecule has 2 amide bonds. The average Bonchev–Trinajstić information content (AvgIpc) is 2.21. The Morgan fingerprint density at radius 2 is 2.06 bits per heavy atom. The fourth-order valence-corrected chi connectivity index (χ4v) is 1.22. The van der Waals surface area contributed by atoms with Gasteiger partial charge >= 0.3 is 6.03 Å². The number of amides is 2. The average molecular weight is 222 g/mol. The van der Waals surface area contributed by atoms with Gasteiger partial charge in [-0.2, -0.15) is 0 Å². The standard InChI is InChI=1S/C12H18N2O2/c1-9(2)7-8-13-12(16)14-10-5-3-4-6-11(10)15/h3-6,9,15H,7-8H2,1-2H3,(H2,13,14,16). The van der Waals surface area contributed by atoms with Crippen LogP contribution in [0.3, 0.4) is 0 Å². The molecule has 0 spiro atoms. The van der Waals surface area contributed by atoms with E-state index in [2.05, 4.69) is 24.5 Å².